The van der Waals surface area contributed by atoms with Crippen LogP contribution < -0.4 is 4.72 Å². The van der Waals surface area contributed by atoms with E-state index in [4.69, 9.17) is 11.6 Å². The number of aromatic amines is 1. The fraction of sp³-hybridized carbons (Fsp3) is 0.348. The minimum atomic E-state index is -3.93. The summed E-state index contributed by atoms with van der Waals surface area (Å²) >= 11 is 6.00. The summed E-state index contributed by atoms with van der Waals surface area (Å²) in [6, 6.07) is 8.33. The van der Waals surface area contributed by atoms with E-state index in [1.807, 2.05) is 0 Å². The fourth-order valence-electron chi connectivity index (χ4n) is 4.61. The summed E-state index contributed by atoms with van der Waals surface area (Å²) in [5, 5.41) is 2.12. The van der Waals surface area contributed by atoms with Crippen LogP contribution in [0.2, 0.25) is 5.02 Å². The van der Waals surface area contributed by atoms with Crippen molar-refractivity contribution in [3.05, 3.63) is 59.1 Å². The number of carbonyl (C=O) groups excluding carboxylic acids is 2. The second-order valence-electron chi connectivity index (χ2n) is 8.66. The molecule has 9 nitrogen and oxygen atoms in total. The molecule has 0 aliphatic carbocycles. The van der Waals surface area contributed by atoms with Crippen molar-refractivity contribution < 1.29 is 18.0 Å². The van der Waals surface area contributed by atoms with Crippen LogP contribution in [0.4, 0.5) is 0 Å². The number of imidazole rings is 1. The minimum absolute atomic E-state index is 0.0707. The first-order chi connectivity index (χ1) is 16.2. The molecule has 3 aromatic rings. The lowest BCUT2D eigenvalue weighted by atomic mass is 10.1. The summed E-state index contributed by atoms with van der Waals surface area (Å²) in [5.41, 5.74) is 1.86. The molecule has 1 saturated heterocycles. The highest BCUT2D eigenvalue weighted by atomic mass is 35.5. The molecular weight excluding hydrogens is 478 g/mol. The lowest BCUT2D eigenvalue weighted by molar-refractivity contribution is -0.144. The maximum Gasteiger partial charge on any atom is 0.245 e. The largest absolute Gasteiger partial charge is 0.347 e. The van der Waals surface area contributed by atoms with E-state index < -0.39 is 28.0 Å². The first-order valence-electron chi connectivity index (χ1n) is 11.0. The maximum absolute atomic E-state index is 13.1. The predicted octanol–water partition coefficient (Wildman–Crippen LogP) is 2.07. The normalized spacial score (nSPS) is 19.5. The first-order valence-corrected chi connectivity index (χ1v) is 12.9. The Kier molecular flexibility index (Phi) is 5.83. The standard InChI is InChI=1S/C23H24ClN5O4S/c1-14(22(30)28-8-6-19-21(12-28)26-13-25-19)29-9-7-20(23(29)31)27-34(32,33)18-5-3-15-10-17(24)4-2-16(15)11-18/h2-5,10-11,13-14,20,27H,6-9,12H2,1H3,(H,25,26)/t14-,20-/m0/s1. The number of nitrogens with zero attached hydrogens (tertiary/aromatic N) is 3. The molecule has 3 heterocycles. The van der Waals surface area contributed by atoms with Crippen molar-refractivity contribution in [1.29, 1.82) is 0 Å². The number of halogens is 1. The molecule has 1 aromatic heterocycles. The minimum Gasteiger partial charge on any atom is -0.347 e. The summed E-state index contributed by atoms with van der Waals surface area (Å²) in [6.07, 6.45) is 2.57. The summed E-state index contributed by atoms with van der Waals surface area (Å²) in [5.74, 6) is -0.554. The predicted molar refractivity (Wildman–Crippen MR) is 127 cm³/mol. The fourth-order valence-corrected chi connectivity index (χ4v) is 6.05. The number of H-pyrrole nitrogens is 1. The quantitative estimate of drug-likeness (QED) is 0.555. The summed E-state index contributed by atoms with van der Waals surface area (Å²) in [6.45, 7) is 2.95. The number of amides is 2. The average molecular weight is 502 g/mol. The molecule has 0 bridgehead atoms. The zero-order valence-electron chi connectivity index (χ0n) is 18.5. The molecule has 2 N–H and O–H groups in total. The van der Waals surface area contributed by atoms with Gasteiger partial charge in [-0.1, -0.05) is 23.7 Å². The summed E-state index contributed by atoms with van der Waals surface area (Å²) < 4.78 is 28.5. The van der Waals surface area contributed by atoms with Crippen LogP contribution in [-0.2, 0) is 32.6 Å². The van der Waals surface area contributed by atoms with Gasteiger partial charge in [0.2, 0.25) is 21.8 Å². The number of sulfonamides is 1. The highest BCUT2D eigenvalue weighted by Crippen LogP contribution is 2.25. The van der Waals surface area contributed by atoms with Crippen molar-refractivity contribution in [2.75, 3.05) is 13.1 Å². The summed E-state index contributed by atoms with van der Waals surface area (Å²) in [7, 11) is -3.93. The van der Waals surface area contributed by atoms with Gasteiger partial charge in [-0.3, -0.25) is 9.59 Å². The Labute approximate surface area is 202 Å². The molecule has 2 atom stereocenters. The Balaban J connectivity index is 1.27. The average Bonchev–Trinajstić information content (AvgIpc) is 3.43. The first kappa shape index (κ1) is 22.8. The Bertz CT molecular complexity index is 1390. The van der Waals surface area contributed by atoms with Crippen molar-refractivity contribution in [1.82, 2.24) is 24.5 Å². The van der Waals surface area contributed by atoms with Gasteiger partial charge in [0.25, 0.3) is 0 Å². The second kappa shape index (κ2) is 8.68. The topological polar surface area (TPSA) is 115 Å². The SMILES string of the molecule is C[C@@H](C(=O)N1CCc2nc[nH]c2C1)N1CC[C@H](NS(=O)(=O)c2ccc3cc(Cl)ccc3c2)C1=O. The van der Waals surface area contributed by atoms with Gasteiger partial charge in [-0.25, -0.2) is 13.4 Å². The smallest absolute Gasteiger partial charge is 0.245 e. The van der Waals surface area contributed by atoms with Gasteiger partial charge in [0, 0.05) is 24.5 Å². The van der Waals surface area contributed by atoms with E-state index >= 15 is 0 Å². The van der Waals surface area contributed by atoms with E-state index in [1.54, 1.807) is 48.5 Å². The monoisotopic (exact) mass is 501 g/mol. The van der Waals surface area contributed by atoms with Crippen LogP contribution >= 0.6 is 11.6 Å². The molecule has 11 heteroatoms. The van der Waals surface area contributed by atoms with E-state index in [9.17, 15) is 18.0 Å². The third-order valence-electron chi connectivity index (χ3n) is 6.53. The van der Waals surface area contributed by atoms with Crippen LogP contribution in [0.5, 0.6) is 0 Å². The van der Waals surface area contributed by atoms with Crippen molar-refractivity contribution >= 4 is 44.2 Å². The van der Waals surface area contributed by atoms with Crippen molar-refractivity contribution in [3.8, 4) is 0 Å². The van der Waals surface area contributed by atoms with Gasteiger partial charge in [0.05, 0.1) is 29.2 Å². The van der Waals surface area contributed by atoms with E-state index in [0.29, 0.717) is 37.5 Å². The van der Waals surface area contributed by atoms with Crippen LogP contribution in [0.25, 0.3) is 10.8 Å². The number of likely N-dealkylation sites (tertiary alicyclic amines) is 1. The van der Waals surface area contributed by atoms with Gasteiger partial charge >= 0.3 is 0 Å². The molecule has 1 fully saturated rings. The van der Waals surface area contributed by atoms with E-state index in [0.717, 1.165) is 22.2 Å². The maximum atomic E-state index is 13.1. The highest BCUT2D eigenvalue weighted by molar-refractivity contribution is 7.89. The van der Waals surface area contributed by atoms with Gasteiger partial charge < -0.3 is 14.8 Å². The van der Waals surface area contributed by atoms with Gasteiger partial charge in [0.15, 0.2) is 0 Å². The summed E-state index contributed by atoms with van der Waals surface area (Å²) in [4.78, 5) is 36.7. The number of rotatable bonds is 5. The van der Waals surface area contributed by atoms with Crippen molar-refractivity contribution in [2.24, 2.45) is 0 Å². The molecule has 2 aliphatic rings. The molecule has 0 unspecified atom stereocenters. The van der Waals surface area contributed by atoms with Gasteiger partial charge in [0.1, 0.15) is 12.1 Å². The number of hydrogen-bond acceptors (Lipinski definition) is 5. The molecule has 0 spiro atoms. The molecule has 2 aromatic carbocycles. The molecule has 2 amide bonds. The Morgan fingerprint density at radius 1 is 1.21 bits per heavy atom. The zero-order chi connectivity index (χ0) is 24.0. The third-order valence-corrected chi connectivity index (χ3v) is 8.24. The van der Waals surface area contributed by atoms with Crippen LogP contribution in [-0.4, -0.2) is 65.2 Å². The third kappa shape index (κ3) is 4.17. The van der Waals surface area contributed by atoms with E-state index in [2.05, 4.69) is 14.7 Å². The molecule has 5 rings (SSSR count). The van der Waals surface area contributed by atoms with Gasteiger partial charge in [-0.15, -0.1) is 0 Å². The van der Waals surface area contributed by atoms with Crippen molar-refractivity contribution in [2.45, 2.75) is 43.3 Å². The van der Waals surface area contributed by atoms with Crippen LogP contribution in [0, 0.1) is 0 Å². The van der Waals surface area contributed by atoms with Crippen LogP contribution in [0.15, 0.2) is 47.6 Å². The van der Waals surface area contributed by atoms with E-state index in [-0.39, 0.29) is 10.8 Å². The second-order valence-corrected chi connectivity index (χ2v) is 10.8. The Hall–Kier alpha value is -2.95. The van der Waals surface area contributed by atoms with Gasteiger partial charge in [-0.05, 0) is 48.4 Å². The molecule has 2 aliphatic heterocycles. The molecule has 0 radical (unpaired) electrons. The number of aromatic nitrogens is 2. The molecule has 34 heavy (non-hydrogen) atoms. The highest BCUT2D eigenvalue weighted by Gasteiger charge is 2.40. The van der Waals surface area contributed by atoms with Gasteiger partial charge in [-0.2, -0.15) is 4.72 Å². The van der Waals surface area contributed by atoms with E-state index in [1.165, 1.54) is 11.0 Å². The van der Waals surface area contributed by atoms with Crippen LogP contribution in [0.1, 0.15) is 24.7 Å². The lowest BCUT2D eigenvalue weighted by Gasteiger charge is -2.32. The number of benzene rings is 2. The lowest BCUT2D eigenvalue weighted by Crippen LogP contribution is -2.51. The van der Waals surface area contributed by atoms with Crippen molar-refractivity contribution in [3.63, 3.8) is 0 Å². The molecular formula is C23H24ClN5O4S. The number of fused-ring (bicyclic) bond motifs is 2. The molecule has 178 valence electrons. The number of carbonyl (C=O) groups is 2. The number of hydrogen-bond donors (Lipinski definition) is 2. The zero-order valence-corrected chi connectivity index (χ0v) is 20.1. The Morgan fingerprint density at radius 3 is 2.79 bits per heavy atom. The molecule has 0 saturated carbocycles. The Morgan fingerprint density at radius 2 is 1.97 bits per heavy atom. The van der Waals surface area contributed by atoms with Crippen LogP contribution in [0.3, 0.4) is 0 Å². The number of nitrogens with one attached hydrogen (secondary N) is 2.